The van der Waals surface area contributed by atoms with Crippen LogP contribution < -0.4 is 0 Å². The molecular weight excluding hydrogens is 312 g/mol. The summed E-state index contributed by atoms with van der Waals surface area (Å²) in [6, 6.07) is 7.51. The largest absolute Gasteiger partial charge is 0.268 e. The van der Waals surface area contributed by atoms with Crippen molar-refractivity contribution in [1.82, 2.24) is 29.4 Å². The zero-order valence-corrected chi connectivity index (χ0v) is 13.8. The molecule has 0 atom stereocenters. The molecule has 0 amide bonds. The summed E-state index contributed by atoms with van der Waals surface area (Å²) < 4.78 is 3.68. The van der Waals surface area contributed by atoms with Crippen molar-refractivity contribution in [3.8, 4) is 5.69 Å². The Balaban J connectivity index is 1.98. The highest BCUT2D eigenvalue weighted by Gasteiger charge is 2.22. The van der Waals surface area contributed by atoms with Crippen LogP contribution >= 0.6 is 11.6 Å². The van der Waals surface area contributed by atoms with Crippen molar-refractivity contribution >= 4 is 28.3 Å². The molecule has 0 radical (unpaired) electrons. The van der Waals surface area contributed by atoms with Crippen molar-refractivity contribution in [2.45, 2.75) is 26.2 Å². The maximum absolute atomic E-state index is 6.07. The average Bonchev–Trinajstić information content (AvgIpc) is 3.10. The lowest BCUT2D eigenvalue weighted by Crippen LogP contribution is -2.16. The van der Waals surface area contributed by atoms with Crippen molar-refractivity contribution < 1.29 is 0 Å². The minimum absolute atomic E-state index is 0.113. The van der Waals surface area contributed by atoms with Gasteiger partial charge < -0.3 is 0 Å². The molecule has 23 heavy (non-hydrogen) atoms. The van der Waals surface area contributed by atoms with Crippen LogP contribution in [0.1, 0.15) is 26.6 Å². The van der Waals surface area contributed by atoms with Crippen LogP contribution in [0, 0.1) is 0 Å². The molecule has 0 aliphatic carbocycles. The molecule has 0 saturated carbocycles. The first kappa shape index (κ1) is 14.1. The molecule has 0 aliphatic heterocycles. The fourth-order valence-electron chi connectivity index (χ4n) is 2.63. The molecular formula is C16H15ClN6. The SMILES string of the molecule is CC(C)(C)c1nnc2c3cnn(-c4cccc(Cl)c4)c3ncn12. The maximum atomic E-state index is 6.07. The third kappa shape index (κ3) is 2.17. The molecule has 4 rings (SSSR count). The molecule has 0 bridgehead atoms. The van der Waals surface area contributed by atoms with E-state index in [1.807, 2.05) is 28.7 Å². The number of benzene rings is 1. The van der Waals surface area contributed by atoms with Crippen LogP contribution in [0.25, 0.3) is 22.4 Å². The lowest BCUT2D eigenvalue weighted by atomic mass is 9.96. The Hall–Kier alpha value is -2.47. The predicted octanol–water partition coefficient (Wildman–Crippen LogP) is 3.41. The van der Waals surface area contributed by atoms with Crippen molar-refractivity contribution in [3.05, 3.63) is 47.6 Å². The summed E-state index contributed by atoms with van der Waals surface area (Å²) in [6.07, 6.45) is 3.51. The summed E-state index contributed by atoms with van der Waals surface area (Å²) in [5.41, 5.74) is 2.23. The Bertz CT molecular complexity index is 1020. The zero-order chi connectivity index (χ0) is 16.2. The monoisotopic (exact) mass is 326 g/mol. The van der Waals surface area contributed by atoms with Crippen LogP contribution in [0.2, 0.25) is 5.02 Å². The number of halogens is 1. The number of rotatable bonds is 1. The van der Waals surface area contributed by atoms with Gasteiger partial charge in [0.15, 0.2) is 11.3 Å². The fourth-order valence-corrected chi connectivity index (χ4v) is 2.81. The first-order chi connectivity index (χ1) is 10.9. The Morgan fingerprint density at radius 2 is 1.91 bits per heavy atom. The van der Waals surface area contributed by atoms with E-state index < -0.39 is 0 Å². The van der Waals surface area contributed by atoms with E-state index in [4.69, 9.17) is 11.6 Å². The summed E-state index contributed by atoms with van der Waals surface area (Å²) in [5, 5.41) is 14.6. The van der Waals surface area contributed by atoms with Gasteiger partial charge in [-0.3, -0.25) is 4.40 Å². The summed E-state index contributed by atoms with van der Waals surface area (Å²) in [6.45, 7) is 6.30. The molecule has 3 aromatic heterocycles. The summed E-state index contributed by atoms with van der Waals surface area (Å²) in [7, 11) is 0. The highest BCUT2D eigenvalue weighted by Crippen LogP contribution is 2.25. The molecule has 0 fully saturated rings. The van der Waals surface area contributed by atoms with Crippen molar-refractivity contribution in [1.29, 1.82) is 0 Å². The highest BCUT2D eigenvalue weighted by molar-refractivity contribution is 6.30. The van der Waals surface area contributed by atoms with Crippen molar-refractivity contribution in [2.75, 3.05) is 0 Å². The molecule has 0 spiro atoms. The van der Waals surface area contributed by atoms with Crippen molar-refractivity contribution in [3.63, 3.8) is 0 Å². The van der Waals surface area contributed by atoms with Gasteiger partial charge in [0.2, 0.25) is 0 Å². The number of hydrogen-bond donors (Lipinski definition) is 0. The van der Waals surface area contributed by atoms with E-state index in [2.05, 4.69) is 41.1 Å². The van der Waals surface area contributed by atoms with Gasteiger partial charge >= 0.3 is 0 Å². The molecule has 0 unspecified atom stereocenters. The Morgan fingerprint density at radius 1 is 1.09 bits per heavy atom. The standard InChI is InChI=1S/C16H15ClN6/c1-16(2,3)15-21-20-14-12-8-19-23(13(12)18-9-22(14)15)11-6-4-5-10(17)7-11/h4-9H,1-3H3. The molecule has 116 valence electrons. The molecule has 0 N–H and O–H groups in total. The second-order valence-corrected chi connectivity index (χ2v) is 6.92. The third-order valence-electron chi connectivity index (χ3n) is 3.70. The first-order valence-corrected chi connectivity index (χ1v) is 7.67. The third-order valence-corrected chi connectivity index (χ3v) is 3.93. The van der Waals surface area contributed by atoms with Gasteiger partial charge in [0.05, 0.1) is 17.3 Å². The normalized spacial score (nSPS) is 12.3. The van der Waals surface area contributed by atoms with Gasteiger partial charge in [-0.2, -0.15) is 5.10 Å². The van der Waals surface area contributed by atoms with Crippen molar-refractivity contribution in [2.24, 2.45) is 0 Å². The first-order valence-electron chi connectivity index (χ1n) is 7.29. The van der Waals surface area contributed by atoms with E-state index in [0.29, 0.717) is 5.02 Å². The number of nitrogens with zero attached hydrogens (tertiary/aromatic N) is 6. The lowest BCUT2D eigenvalue weighted by Gasteiger charge is -2.15. The summed E-state index contributed by atoms with van der Waals surface area (Å²) in [4.78, 5) is 4.56. The number of hydrogen-bond acceptors (Lipinski definition) is 4. The van der Waals surface area contributed by atoms with Crippen LogP contribution in [0.4, 0.5) is 0 Å². The molecule has 6 nitrogen and oxygen atoms in total. The van der Waals surface area contributed by atoms with Gasteiger partial charge in [0.1, 0.15) is 12.2 Å². The molecule has 3 heterocycles. The van der Waals surface area contributed by atoms with Gasteiger partial charge in [-0.05, 0) is 18.2 Å². The van der Waals surface area contributed by atoms with E-state index in [0.717, 1.165) is 28.2 Å². The van der Waals surface area contributed by atoms with Crippen LogP contribution in [-0.4, -0.2) is 29.4 Å². The predicted molar refractivity (Wildman–Crippen MR) is 89.1 cm³/mol. The van der Waals surface area contributed by atoms with Gasteiger partial charge in [-0.15, -0.1) is 10.2 Å². The van der Waals surface area contributed by atoms with Crippen LogP contribution in [0.3, 0.4) is 0 Å². The quantitative estimate of drug-likeness (QED) is 0.538. The minimum atomic E-state index is -0.113. The highest BCUT2D eigenvalue weighted by atomic mass is 35.5. The summed E-state index contributed by atoms with van der Waals surface area (Å²) >= 11 is 6.07. The maximum Gasteiger partial charge on any atom is 0.174 e. The van der Waals surface area contributed by atoms with E-state index in [9.17, 15) is 0 Å². The van der Waals surface area contributed by atoms with E-state index in [1.54, 1.807) is 17.2 Å². The van der Waals surface area contributed by atoms with Gasteiger partial charge in [0.25, 0.3) is 0 Å². The molecule has 7 heteroatoms. The molecule has 0 aliphatic rings. The van der Waals surface area contributed by atoms with Crippen LogP contribution in [0.15, 0.2) is 36.8 Å². The fraction of sp³-hybridized carbons (Fsp3) is 0.250. The average molecular weight is 327 g/mol. The van der Waals surface area contributed by atoms with Crippen LogP contribution in [-0.2, 0) is 5.41 Å². The number of aromatic nitrogens is 6. The second kappa shape index (κ2) is 4.76. The van der Waals surface area contributed by atoms with Crippen LogP contribution in [0.5, 0.6) is 0 Å². The van der Waals surface area contributed by atoms with E-state index >= 15 is 0 Å². The molecule has 4 aromatic rings. The van der Waals surface area contributed by atoms with Gasteiger partial charge in [-0.25, -0.2) is 9.67 Å². The van der Waals surface area contributed by atoms with Gasteiger partial charge in [-0.1, -0.05) is 38.4 Å². The van der Waals surface area contributed by atoms with E-state index in [1.165, 1.54) is 0 Å². The Labute approximate surface area is 137 Å². The zero-order valence-electron chi connectivity index (χ0n) is 13.0. The summed E-state index contributed by atoms with van der Waals surface area (Å²) in [5.74, 6) is 0.873. The number of fused-ring (bicyclic) bond motifs is 3. The molecule has 0 saturated heterocycles. The lowest BCUT2D eigenvalue weighted by molar-refractivity contribution is 0.537. The topological polar surface area (TPSA) is 60.9 Å². The van der Waals surface area contributed by atoms with Gasteiger partial charge in [0, 0.05) is 10.4 Å². The Morgan fingerprint density at radius 3 is 2.65 bits per heavy atom. The molecule has 1 aromatic carbocycles. The second-order valence-electron chi connectivity index (χ2n) is 6.49. The minimum Gasteiger partial charge on any atom is -0.268 e. The van der Waals surface area contributed by atoms with E-state index in [-0.39, 0.29) is 5.41 Å². The smallest absolute Gasteiger partial charge is 0.174 e. The Kier molecular flexibility index (Phi) is 2.93.